The summed E-state index contributed by atoms with van der Waals surface area (Å²) in [5, 5.41) is 11.5. The van der Waals surface area contributed by atoms with Gasteiger partial charge < -0.3 is 20.1 Å². The number of methoxy groups -OCH3 is 1. The van der Waals surface area contributed by atoms with E-state index in [2.05, 4.69) is 5.32 Å². The van der Waals surface area contributed by atoms with E-state index in [1.807, 2.05) is 0 Å². The first kappa shape index (κ1) is 15.8. The topological polar surface area (TPSA) is 78.9 Å². The summed E-state index contributed by atoms with van der Waals surface area (Å²) in [5.41, 5.74) is 0.180. The molecule has 1 saturated carbocycles. The molecular weight excluding hydrogens is 248 g/mol. The highest BCUT2D eigenvalue weighted by molar-refractivity contribution is 5.75. The maximum Gasteiger partial charge on any atom is 0.317 e. The highest BCUT2D eigenvalue weighted by Crippen LogP contribution is 2.43. The third kappa shape index (κ3) is 5.06. The van der Waals surface area contributed by atoms with Crippen molar-refractivity contribution in [1.82, 2.24) is 10.2 Å². The number of urea groups is 1. The van der Waals surface area contributed by atoms with Crippen molar-refractivity contribution in [3.8, 4) is 0 Å². The molecule has 0 radical (unpaired) electrons. The van der Waals surface area contributed by atoms with Crippen LogP contribution in [0.3, 0.4) is 0 Å². The molecule has 1 aliphatic carbocycles. The van der Waals surface area contributed by atoms with Gasteiger partial charge in [-0.1, -0.05) is 6.42 Å². The Morgan fingerprint density at radius 1 is 1.42 bits per heavy atom. The number of ether oxygens (including phenoxy) is 1. The van der Waals surface area contributed by atoms with Crippen LogP contribution in [0.15, 0.2) is 0 Å². The van der Waals surface area contributed by atoms with Crippen LogP contribution in [0.4, 0.5) is 4.79 Å². The Morgan fingerprint density at radius 2 is 2.11 bits per heavy atom. The first-order chi connectivity index (χ1) is 8.99. The molecule has 0 aromatic rings. The largest absolute Gasteiger partial charge is 0.481 e. The molecule has 1 fully saturated rings. The van der Waals surface area contributed by atoms with Crippen molar-refractivity contribution in [2.45, 2.75) is 32.1 Å². The number of amides is 2. The van der Waals surface area contributed by atoms with Crippen molar-refractivity contribution in [3.05, 3.63) is 0 Å². The lowest BCUT2D eigenvalue weighted by molar-refractivity contribution is -0.137. The predicted molar refractivity (Wildman–Crippen MR) is 71.1 cm³/mol. The smallest absolute Gasteiger partial charge is 0.317 e. The minimum absolute atomic E-state index is 0.0290. The van der Waals surface area contributed by atoms with Crippen LogP contribution in [0, 0.1) is 5.41 Å². The number of carboxylic acids is 1. The molecule has 6 nitrogen and oxygen atoms in total. The van der Waals surface area contributed by atoms with Crippen LogP contribution in [0.1, 0.15) is 32.1 Å². The van der Waals surface area contributed by atoms with E-state index >= 15 is 0 Å². The Bertz CT molecular complexity index is 316. The molecule has 0 unspecified atom stereocenters. The maximum absolute atomic E-state index is 11.8. The summed E-state index contributed by atoms with van der Waals surface area (Å²) in [6.07, 6.45) is 4.38. The SMILES string of the molecule is COCCC1(CNC(=O)N(C)CCC(=O)O)CCC1. The van der Waals surface area contributed by atoms with Gasteiger partial charge in [-0.15, -0.1) is 0 Å². The van der Waals surface area contributed by atoms with Crippen LogP contribution in [0.2, 0.25) is 0 Å². The molecule has 2 N–H and O–H groups in total. The van der Waals surface area contributed by atoms with Crippen molar-refractivity contribution in [2.75, 3.05) is 33.9 Å². The normalized spacial score (nSPS) is 16.5. The van der Waals surface area contributed by atoms with E-state index < -0.39 is 5.97 Å². The summed E-state index contributed by atoms with van der Waals surface area (Å²) in [4.78, 5) is 23.7. The molecule has 2 amide bonds. The summed E-state index contributed by atoms with van der Waals surface area (Å²) in [6.45, 7) is 1.59. The Kier molecular flexibility index (Phi) is 6.08. The minimum Gasteiger partial charge on any atom is -0.481 e. The van der Waals surface area contributed by atoms with Gasteiger partial charge in [-0.2, -0.15) is 0 Å². The second-order valence-electron chi connectivity index (χ2n) is 5.32. The fraction of sp³-hybridized carbons (Fsp3) is 0.846. The van der Waals surface area contributed by atoms with Gasteiger partial charge in [0.25, 0.3) is 0 Å². The van der Waals surface area contributed by atoms with Gasteiger partial charge in [0.1, 0.15) is 0 Å². The molecule has 0 aliphatic heterocycles. The molecule has 0 aromatic heterocycles. The Morgan fingerprint density at radius 3 is 2.58 bits per heavy atom. The molecule has 0 aromatic carbocycles. The first-order valence-corrected chi connectivity index (χ1v) is 6.69. The number of nitrogens with zero attached hydrogens (tertiary/aromatic N) is 1. The molecule has 0 atom stereocenters. The lowest BCUT2D eigenvalue weighted by Gasteiger charge is -2.42. The lowest BCUT2D eigenvalue weighted by atomic mass is 9.67. The average molecular weight is 272 g/mol. The summed E-state index contributed by atoms with van der Waals surface area (Å²) >= 11 is 0. The van der Waals surface area contributed by atoms with Crippen molar-refractivity contribution < 1.29 is 19.4 Å². The fourth-order valence-electron chi connectivity index (χ4n) is 2.27. The zero-order valence-electron chi connectivity index (χ0n) is 11.8. The average Bonchev–Trinajstić information content (AvgIpc) is 2.33. The van der Waals surface area contributed by atoms with Gasteiger partial charge in [0, 0.05) is 33.9 Å². The van der Waals surface area contributed by atoms with Crippen LogP contribution in [0.5, 0.6) is 0 Å². The van der Waals surface area contributed by atoms with E-state index in [0.29, 0.717) is 13.2 Å². The predicted octanol–water partition coefficient (Wildman–Crippen LogP) is 1.31. The number of hydrogen-bond donors (Lipinski definition) is 2. The van der Waals surface area contributed by atoms with E-state index in [1.54, 1.807) is 14.2 Å². The second-order valence-corrected chi connectivity index (χ2v) is 5.32. The first-order valence-electron chi connectivity index (χ1n) is 6.69. The molecule has 0 spiro atoms. The van der Waals surface area contributed by atoms with Gasteiger partial charge in [-0.3, -0.25) is 4.79 Å². The summed E-state index contributed by atoms with van der Waals surface area (Å²) in [7, 11) is 3.30. The number of hydrogen-bond acceptors (Lipinski definition) is 3. The van der Waals surface area contributed by atoms with E-state index in [4.69, 9.17) is 9.84 Å². The maximum atomic E-state index is 11.8. The molecule has 0 saturated heterocycles. The Balaban J connectivity index is 2.29. The Hall–Kier alpha value is -1.30. The van der Waals surface area contributed by atoms with E-state index in [-0.39, 0.29) is 24.4 Å². The van der Waals surface area contributed by atoms with Gasteiger partial charge in [0.15, 0.2) is 0 Å². The third-order valence-corrected chi connectivity index (χ3v) is 3.87. The van der Waals surface area contributed by atoms with Crippen LogP contribution < -0.4 is 5.32 Å². The van der Waals surface area contributed by atoms with Crippen LogP contribution in [-0.2, 0) is 9.53 Å². The molecule has 1 aliphatic rings. The minimum atomic E-state index is -0.893. The van der Waals surface area contributed by atoms with Gasteiger partial charge in [-0.25, -0.2) is 4.79 Å². The zero-order valence-corrected chi connectivity index (χ0v) is 11.8. The monoisotopic (exact) mass is 272 g/mol. The number of carbonyl (C=O) groups is 2. The molecule has 19 heavy (non-hydrogen) atoms. The van der Waals surface area contributed by atoms with E-state index in [1.165, 1.54) is 11.3 Å². The molecule has 0 bridgehead atoms. The molecule has 110 valence electrons. The molecule has 1 rings (SSSR count). The van der Waals surface area contributed by atoms with E-state index in [9.17, 15) is 9.59 Å². The fourth-order valence-corrected chi connectivity index (χ4v) is 2.27. The second kappa shape index (κ2) is 7.33. The van der Waals surface area contributed by atoms with Crippen LogP contribution in [0.25, 0.3) is 0 Å². The third-order valence-electron chi connectivity index (χ3n) is 3.87. The Labute approximate surface area is 114 Å². The van der Waals surface area contributed by atoms with Crippen molar-refractivity contribution in [2.24, 2.45) is 5.41 Å². The van der Waals surface area contributed by atoms with Gasteiger partial charge in [0.2, 0.25) is 0 Å². The zero-order chi connectivity index (χ0) is 14.3. The van der Waals surface area contributed by atoms with Crippen LogP contribution in [-0.4, -0.2) is 55.9 Å². The van der Waals surface area contributed by atoms with Gasteiger partial charge >= 0.3 is 12.0 Å². The standard InChI is InChI=1S/C13H24N2O4/c1-15(8-4-11(16)17)12(18)14-10-13(5-3-6-13)7-9-19-2/h3-10H2,1-2H3,(H,14,18)(H,16,17). The number of carboxylic acid groups (broad SMARTS) is 1. The van der Waals surface area contributed by atoms with Gasteiger partial charge in [0.05, 0.1) is 6.42 Å². The lowest BCUT2D eigenvalue weighted by Crippen LogP contribution is -2.46. The van der Waals surface area contributed by atoms with Crippen molar-refractivity contribution in [3.63, 3.8) is 0 Å². The van der Waals surface area contributed by atoms with Gasteiger partial charge in [-0.05, 0) is 24.7 Å². The summed E-state index contributed by atoms with van der Waals surface area (Å²) < 4.78 is 5.10. The molecule has 6 heteroatoms. The number of rotatable bonds is 8. The van der Waals surface area contributed by atoms with Crippen LogP contribution >= 0.6 is 0 Å². The number of carbonyl (C=O) groups excluding carboxylic acids is 1. The number of aliphatic carboxylic acids is 1. The molecule has 0 heterocycles. The highest BCUT2D eigenvalue weighted by atomic mass is 16.5. The van der Waals surface area contributed by atoms with E-state index in [0.717, 1.165) is 19.3 Å². The molecular formula is C13H24N2O4. The summed E-state index contributed by atoms with van der Waals surface area (Å²) in [6, 6.07) is -0.204. The highest BCUT2D eigenvalue weighted by Gasteiger charge is 2.36. The quantitative estimate of drug-likeness (QED) is 0.698. The summed E-state index contributed by atoms with van der Waals surface area (Å²) in [5.74, 6) is -0.893. The number of nitrogens with one attached hydrogen (secondary N) is 1. The van der Waals surface area contributed by atoms with Crippen molar-refractivity contribution in [1.29, 1.82) is 0 Å². The van der Waals surface area contributed by atoms with Crippen molar-refractivity contribution >= 4 is 12.0 Å².